The average molecular weight is 487 g/mol. The summed E-state index contributed by atoms with van der Waals surface area (Å²) in [6.07, 6.45) is 0. The quantitative estimate of drug-likeness (QED) is 0.347. The molecule has 0 aliphatic rings. The molecule has 2 heteroatoms. The van der Waals surface area contributed by atoms with E-state index < -0.39 is 17.7 Å². The molecule has 0 fully saturated rings. The Hall–Kier alpha value is -3.40. The van der Waals surface area contributed by atoms with E-state index in [4.69, 9.17) is 0 Å². The Morgan fingerprint density at radius 1 is 0.364 bits per heavy atom. The van der Waals surface area contributed by atoms with Crippen molar-refractivity contribution in [2.75, 3.05) is 0 Å². The van der Waals surface area contributed by atoms with Crippen molar-refractivity contribution < 1.29 is 5.11 Å². The maximum atomic E-state index is 13.3. The normalized spacial score (nSPS) is 11.8. The molecule has 0 saturated carbocycles. The summed E-state index contributed by atoms with van der Waals surface area (Å²) in [6, 6.07) is 52.4. The van der Waals surface area contributed by atoms with Crippen LogP contribution in [-0.2, 0) is 4.43 Å². The fourth-order valence-electron chi connectivity index (χ4n) is 5.15. The van der Waals surface area contributed by atoms with Gasteiger partial charge in [0.05, 0.1) is 0 Å². The van der Waals surface area contributed by atoms with Crippen molar-refractivity contribution in [3.8, 4) is 0 Å². The van der Waals surface area contributed by atoms with Crippen LogP contribution in [0.1, 0.15) is 11.1 Å². The second-order valence-corrected chi connectivity index (χ2v) is 16.6. The molecule has 0 radical (unpaired) electrons. The Morgan fingerprint density at radius 3 is 0.879 bits per heavy atom. The SMILES string of the molecule is O[C](c1ccccc1)(c1ccccc1)[Ge]([c]1ccccc1)([c]1ccccc1)[c]1ccccc1. The van der Waals surface area contributed by atoms with Crippen LogP contribution in [0.3, 0.4) is 0 Å². The minimum atomic E-state index is -3.87. The molecule has 160 valence electrons. The molecule has 1 N–H and O–H groups in total. The van der Waals surface area contributed by atoms with Gasteiger partial charge in [-0.2, -0.15) is 0 Å². The minimum absolute atomic E-state index is 0.924. The standard InChI is InChI=1S/C31H26GeO/c33-31(26-16-6-1-7-17-26,27-18-8-2-9-19-27)32(28-20-10-3-11-21-28,29-22-12-4-13-23-29)30-24-14-5-15-25-30/h1-25,33H. The first-order valence-corrected chi connectivity index (χ1v) is 15.5. The van der Waals surface area contributed by atoms with Crippen LogP contribution in [0.25, 0.3) is 0 Å². The molecule has 0 amide bonds. The van der Waals surface area contributed by atoms with E-state index in [0.29, 0.717) is 0 Å². The summed E-state index contributed by atoms with van der Waals surface area (Å²) >= 11 is -3.87. The van der Waals surface area contributed by atoms with Gasteiger partial charge in [0, 0.05) is 0 Å². The van der Waals surface area contributed by atoms with Gasteiger partial charge in [-0.15, -0.1) is 0 Å². The van der Waals surface area contributed by atoms with Crippen molar-refractivity contribution in [2.24, 2.45) is 0 Å². The summed E-state index contributed by atoms with van der Waals surface area (Å²) in [5.41, 5.74) is 1.85. The summed E-state index contributed by atoms with van der Waals surface area (Å²) in [5, 5.41) is 13.3. The summed E-state index contributed by atoms with van der Waals surface area (Å²) in [7, 11) is 0. The van der Waals surface area contributed by atoms with Gasteiger partial charge in [0.15, 0.2) is 0 Å². The molecule has 0 spiro atoms. The first kappa shape index (κ1) is 21.4. The molecule has 5 aromatic rings. The van der Waals surface area contributed by atoms with E-state index in [1.54, 1.807) is 0 Å². The Morgan fingerprint density at radius 2 is 0.606 bits per heavy atom. The molecule has 1 nitrogen and oxygen atoms in total. The van der Waals surface area contributed by atoms with Gasteiger partial charge in [-0.25, -0.2) is 0 Å². The molecular formula is C31H26GeO. The number of aliphatic hydroxyl groups is 1. The number of hydrogen-bond donors (Lipinski definition) is 1. The topological polar surface area (TPSA) is 20.2 Å². The molecule has 0 heterocycles. The zero-order valence-electron chi connectivity index (χ0n) is 18.4. The molecule has 33 heavy (non-hydrogen) atoms. The van der Waals surface area contributed by atoms with Crippen molar-refractivity contribution in [2.45, 2.75) is 4.43 Å². The third-order valence-corrected chi connectivity index (χ3v) is 17.6. The number of rotatable bonds is 6. The summed E-state index contributed by atoms with van der Waals surface area (Å²) in [5.74, 6) is 0. The number of benzene rings is 5. The third-order valence-electron chi connectivity index (χ3n) is 6.55. The molecule has 0 aliphatic carbocycles. The first-order chi connectivity index (χ1) is 16.3. The summed E-state index contributed by atoms with van der Waals surface area (Å²) < 4.78 is 2.44. The molecule has 0 unspecified atom stereocenters. The van der Waals surface area contributed by atoms with Crippen LogP contribution in [0.5, 0.6) is 0 Å². The van der Waals surface area contributed by atoms with Gasteiger partial charge in [-0.05, 0) is 0 Å². The van der Waals surface area contributed by atoms with Gasteiger partial charge in [-0.1, -0.05) is 0 Å². The van der Waals surface area contributed by atoms with Crippen LogP contribution >= 0.6 is 0 Å². The molecule has 5 aromatic carbocycles. The fraction of sp³-hybridized carbons (Fsp3) is 0.0323. The van der Waals surface area contributed by atoms with E-state index in [-0.39, 0.29) is 0 Å². The first-order valence-electron chi connectivity index (χ1n) is 11.3. The van der Waals surface area contributed by atoms with E-state index in [1.165, 1.54) is 13.2 Å². The molecule has 0 atom stereocenters. The maximum absolute atomic E-state index is 13.3. The van der Waals surface area contributed by atoms with Crippen LogP contribution in [-0.4, -0.2) is 18.4 Å². The summed E-state index contributed by atoms with van der Waals surface area (Å²) in [4.78, 5) is 0. The Balaban J connectivity index is 2.01. The zero-order valence-corrected chi connectivity index (χ0v) is 20.5. The molecular weight excluding hydrogens is 461 g/mol. The van der Waals surface area contributed by atoms with Crippen LogP contribution in [0.2, 0.25) is 0 Å². The Bertz CT molecular complexity index is 1150. The van der Waals surface area contributed by atoms with Crippen LogP contribution in [0.4, 0.5) is 0 Å². The van der Waals surface area contributed by atoms with E-state index in [9.17, 15) is 5.11 Å². The van der Waals surface area contributed by atoms with Crippen LogP contribution < -0.4 is 13.2 Å². The van der Waals surface area contributed by atoms with E-state index in [0.717, 1.165) is 11.1 Å². The molecule has 0 saturated heterocycles. The van der Waals surface area contributed by atoms with Gasteiger partial charge in [0.25, 0.3) is 0 Å². The van der Waals surface area contributed by atoms with Crippen molar-refractivity contribution >= 4 is 26.5 Å². The van der Waals surface area contributed by atoms with Gasteiger partial charge in [-0.3, -0.25) is 0 Å². The van der Waals surface area contributed by atoms with Crippen molar-refractivity contribution in [1.29, 1.82) is 0 Å². The number of hydrogen-bond acceptors (Lipinski definition) is 1. The zero-order chi connectivity index (χ0) is 22.6. The molecule has 0 bridgehead atoms. The van der Waals surface area contributed by atoms with Gasteiger partial charge >= 0.3 is 199 Å². The van der Waals surface area contributed by atoms with Crippen LogP contribution in [0, 0.1) is 0 Å². The van der Waals surface area contributed by atoms with Crippen molar-refractivity contribution in [1.82, 2.24) is 0 Å². The monoisotopic (exact) mass is 488 g/mol. The Kier molecular flexibility index (Phi) is 6.00. The molecule has 5 rings (SSSR count). The molecule has 0 aliphatic heterocycles. The fourth-order valence-corrected chi connectivity index (χ4v) is 16.8. The molecule has 0 aromatic heterocycles. The van der Waals surface area contributed by atoms with E-state index in [2.05, 4.69) is 115 Å². The summed E-state index contributed by atoms with van der Waals surface area (Å²) in [6.45, 7) is 0. The van der Waals surface area contributed by atoms with Gasteiger partial charge < -0.3 is 0 Å². The Labute approximate surface area is 198 Å². The van der Waals surface area contributed by atoms with E-state index >= 15 is 0 Å². The average Bonchev–Trinajstić information content (AvgIpc) is 2.92. The van der Waals surface area contributed by atoms with Gasteiger partial charge in [0.1, 0.15) is 0 Å². The van der Waals surface area contributed by atoms with Gasteiger partial charge in [0.2, 0.25) is 0 Å². The second kappa shape index (κ2) is 9.23. The third kappa shape index (κ3) is 3.54. The second-order valence-electron chi connectivity index (χ2n) is 8.29. The predicted octanol–water partition coefficient (Wildman–Crippen LogP) is 4.63. The van der Waals surface area contributed by atoms with Crippen LogP contribution in [0.15, 0.2) is 152 Å². The van der Waals surface area contributed by atoms with E-state index in [1.807, 2.05) is 36.4 Å². The van der Waals surface area contributed by atoms with Crippen molar-refractivity contribution in [3.05, 3.63) is 163 Å². The predicted molar refractivity (Wildman–Crippen MR) is 140 cm³/mol. The van der Waals surface area contributed by atoms with Crippen molar-refractivity contribution in [3.63, 3.8) is 0 Å².